The first-order valence-electron chi connectivity index (χ1n) is 7.51. The fourth-order valence-electron chi connectivity index (χ4n) is 2.48. The molecule has 25 heavy (non-hydrogen) atoms. The minimum Gasteiger partial charge on any atom is -0.497 e. The zero-order valence-electron chi connectivity index (χ0n) is 14.5. The SMILES string of the molecule is COc1ccc(OC)c(C(=O)COc2c(C)ccc([N+](=O)[O-])c2C)c1. The Morgan fingerprint density at radius 1 is 1.12 bits per heavy atom. The molecule has 0 spiro atoms. The van der Waals surface area contributed by atoms with Crippen LogP contribution in [0.1, 0.15) is 21.5 Å². The predicted molar refractivity (Wildman–Crippen MR) is 91.9 cm³/mol. The molecule has 132 valence electrons. The van der Waals surface area contributed by atoms with Crippen LogP contribution in [0.3, 0.4) is 0 Å². The number of aryl methyl sites for hydroxylation is 1. The number of nitro groups is 1. The van der Waals surface area contributed by atoms with E-state index in [1.54, 1.807) is 38.1 Å². The molecule has 2 rings (SSSR count). The van der Waals surface area contributed by atoms with E-state index in [1.165, 1.54) is 20.3 Å². The minimum absolute atomic E-state index is 0.0491. The lowest BCUT2D eigenvalue weighted by Crippen LogP contribution is -2.14. The molecular formula is C18H19NO6. The van der Waals surface area contributed by atoms with Crippen molar-refractivity contribution in [1.82, 2.24) is 0 Å². The number of ether oxygens (including phenoxy) is 3. The number of nitro benzene ring substituents is 1. The Labute approximate surface area is 145 Å². The summed E-state index contributed by atoms with van der Waals surface area (Å²) in [5.74, 6) is 0.944. The Morgan fingerprint density at radius 2 is 1.84 bits per heavy atom. The zero-order valence-corrected chi connectivity index (χ0v) is 14.5. The van der Waals surface area contributed by atoms with Crippen LogP contribution in [0.4, 0.5) is 5.69 Å². The van der Waals surface area contributed by atoms with Crippen molar-refractivity contribution in [2.24, 2.45) is 0 Å². The van der Waals surface area contributed by atoms with Crippen LogP contribution in [0.5, 0.6) is 17.2 Å². The fraction of sp³-hybridized carbons (Fsp3) is 0.278. The summed E-state index contributed by atoms with van der Waals surface area (Å²) >= 11 is 0. The highest BCUT2D eigenvalue weighted by Crippen LogP contribution is 2.31. The van der Waals surface area contributed by atoms with Gasteiger partial charge >= 0.3 is 0 Å². The molecule has 0 unspecified atom stereocenters. The standard InChI is InChI=1S/C18H19NO6/c1-11-5-7-15(19(21)22)12(2)18(11)25-10-16(20)14-9-13(23-3)6-8-17(14)24-4/h5-9H,10H2,1-4H3. The molecule has 0 heterocycles. The van der Waals surface area contributed by atoms with Gasteiger partial charge in [0.2, 0.25) is 5.78 Å². The van der Waals surface area contributed by atoms with Crippen molar-refractivity contribution in [3.05, 3.63) is 57.1 Å². The molecule has 0 saturated heterocycles. The van der Waals surface area contributed by atoms with E-state index in [0.29, 0.717) is 33.9 Å². The maximum atomic E-state index is 12.5. The summed E-state index contributed by atoms with van der Waals surface area (Å²) in [6.07, 6.45) is 0. The molecule has 0 aliphatic carbocycles. The van der Waals surface area contributed by atoms with Gasteiger partial charge in [0.1, 0.15) is 17.2 Å². The van der Waals surface area contributed by atoms with Gasteiger partial charge in [-0.15, -0.1) is 0 Å². The third-order valence-electron chi connectivity index (χ3n) is 3.83. The predicted octanol–water partition coefficient (Wildman–Crippen LogP) is 3.49. The molecule has 2 aromatic carbocycles. The average Bonchev–Trinajstić information content (AvgIpc) is 2.60. The number of hydrogen-bond donors (Lipinski definition) is 0. The van der Waals surface area contributed by atoms with E-state index >= 15 is 0 Å². The lowest BCUT2D eigenvalue weighted by Gasteiger charge is -2.13. The van der Waals surface area contributed by atoms with Crippen molar-refractivity contribution in [3.8, 4) is 17.2 Å². The molecule has 2 aromatic rings. The molecule has 0 saturated carbocycles. The van der Waals surface area contributed by atoms with Gasteiger partial charge in [0.25, 0.3) is 5.69 Å². The molecule has 7 nitrogen and oxygen atoms in total. The maximum absolute atomic E-state index is 12.5. The lowest BCUT2D eigenvalue weighted by molar-refractivity contribution is -0.385. The molecule has 0 bridgehead atoms. The van der Waals surface area contributed by atoms with E-state index in [0.717, 1.165) is 0 Å². The second-order valence-electron chi connectivity index (χ2n) is 5.39. The fourth-order valence-corrected chi connectivity index (χ4v) is 2.48. The quantitative estimate of drug-likeness (QED) is 0.434. The van der Waals surface area contributed by atoms with Crippen LogP contribution in [0.2, 0.25) is 0 Å². The van der Waals surface area contributed by atoms with Crippen molar-refractivity contribution in [3.63, 3.8) is 0 Å². The van der Waals surface area contributed by atoms with E-state index in [9.17, 15) is 14.9 Å². The molecule has 0 N–H and O–H groups in total. The molecule has 0 aliphatic rings. The van der Waals surface area contributed by atoms with Gasteiger partial charge in [0.05, 0.1) is 30.3 Å². The number of hydrogen-bond acceptors (Lipinski definition) is 6. The number of carbonyl (C=O) groups excluding carboxylic acids is 1. The Morgan fingerprint density at radius 3 is 2.44 bits per heavy atom. The Balaban J connectivity index is 2.26. The summed E-state index contributed by atoms with van der Waals surface area (Å²) in [7, 11) is 2.97. The van der Waals surface area contributed by atoms with Crippen LogP contribution >= 0.6 is 0 Å². The topological polar surface area (TPSA) is 87.9 Å². The second kappa shape index (κ2) is 7.65. The van der Waals surface area contributed by atoms with Crippen molar-refractivity contribution >= 4 is 11.5 Å². The summed E-state index contributed by atoms with van der Waals surface area (Å²) in [5.41, 5.74) is 1.37. The number of benzene rings is 2. The van der Waals surface area contributed by atoms with Gasteiger partial charge in [-0.3, -0.25) is 14.9 Å². The van der Waals surface area contributed by atoms with E-state index < -0.39 is 4.92 Å². The van der Waals surface area contributed by atoms with E-state index in [2.05, 4.69) is 0 Å². The van der Waals surface area contributed by atoms with Crippen LogP contribution in [0.25, 0.3) is 0 Å². The summed E-state index contributed by atoms with van der Waals surface area (Å²) in [5, 5.41) is 11.1. The molecule has 7 heteroatoms. The highest BCUT2D eigenvalue weighted by atomic mass is 16.6. The van der Waals surface area contributed by atoms with E-state index in [4.69, 9.17) is 14.2 Å². The van der Waals surface area contributed by atoms with Gasteiger partial charge in [-0.2, -0.15) is 0 Å². The molecule has 0 amide bonds. The molecule has 0 aromatic heterocycles. The van der Waals surface area contributed by atoms with E-state index in [-0.39, 0.29) is 18.1 Å². The first-order valence-corrected chi connectivity index (χ1v) is 7.51. The third-order valence-corrected chi connectivity index (χ3v) is 3.83. The molecule has 0 fully saturated rings. The number of Topliss-reactive ketones (excluding diaryl/α,β-unsaturated/α-hetero) is 1. The lowest BCUT2D eigenvalue weighted by atomic mass is 10.1. The van der Waals surface area contributed by atoms with Gasteiger partial charge in [0.15, 0.2) is 6.61 Å². The minimum atomic E-state index is -0.478. The smallest absolute Gasteiger partial charge is 0.276 e. The first kappa shape index (κ1) is 18.3. The second-order valence-corrected chi connectivity index (χ2v) is 5.39. The molecular weight excluding hydrogens is 326 g/mol. The molecule has 0 radical (unpaired) electrons. The van der Waals surface area contributed by atoms with Crippen LogP contribution in [0.15, 0.2) is 30.3 Å². The first-order chi connectivity index (χ1) is 11.9. The van der Waals surface area contributed by atoms with Gasteiger partial charge in [-0.05, 0) is 43.7 Å². The summed E-state index contributed by atoms with van der Waals surface area (Å²) in [4.78, 5) is 23.1. The summed E-state index contributed by atoms with van der Waals surface area (Å²) < 4.78 is 15.9. The number of methoxy groups -OCH3 is 2. The number of ketones is 1. The Kier molecular flexibility index (Phi) is 5.59. The van der Waals surface area contributed by atoms with Gasteiger partial charge in [0, 0.05) is 6.07 Å². The monoisotopic (exact) mass is 345 g/mol. The molecule has 0 aliphatic heterocycles. The number of carbonyl (C=O) groups is 1. The van der Waals surface area contributed by atoms with Crippen LogP contribution in [-0.4, -0.2) is 31.5 Å². The van der Waals surface area contributed by atoms with Crippen molar-refractivity contribution in [1.29, 1.82) is 0 Å². The van der Waals surface area contributed by atoms with Crippen molar-refractivity contribution in [2.45, 2.75) is 13.8 Å². The van der Waals surface area contributed by atoms with Gasteiger partial charge in [-0.1, -0.05) is 0 Å². The van der Waals surface area contributed by atoms with Crippen molar-refractivity contribution < 1.29 is 23.9 Å². The van der Waals surface area contributed by atoms with Gasteiger partial charge < -0.3 is 14.2 Å². The maximum Gasteiger partial charge on any atom is 0.276 e. The average molecular weight is 345 g/mol. The third kappa shape index (κ3) is 3.88. The highest BCUT2D eigenvalue weighted by Gasteiger charge is 2.19. The summed E-state index contributed by atoms with van der Waals surface area (Å²) in [6, 6.07) is 7.90. The Bertz CT molecular complexity index is 815. The zero-order chi connectivity index (χ0) is 18.6. The van der Waals surface area contributed by atoms with Crippen LogP contribution in [0, 0.1) is 24.0 Å². The number of rotatable bonds is 7. The van der Waals surface area contributed by atoms with Gasteiger partial charge in [-0.25, -0.2) is 0 Å². The number of nitrogens with zero attached hydrogens (tertiary/aromatic N) is 1. The highest BCUT2D eigenvalue weighted by molar-refractivity contribution is 6.00. The Hall–Kier alpha value is -3.09. The normalized spacial score (nSPS) is 10.2. The van der Waals surface area contributed by atoms with Crippen LogP contribution in [-0.2, 0) is 0 Å². The van der Waals surface area contributed by atoms with E-state index in [1.807, 2.05) is 0 Å². The molecule has 0 atom stereocenters. The van der Waals surface area contributed by atoms with Crippen molar-refractivity contribution in [2.75, 3.05) is 20.8 Å². The summed E-state index contributed by atoms with van der Waals surface area (Å²) in [6.45, 7) is 3.09. The van der Waals surface area contributed by atoms with Crippen LogP contribution < -0.4 is 14.2 Å². The largest absolute Gasteiger partial charge is 0.497 e.